The predicted octanol–water partition coefficient (Wildman–Crippen LogP) is 3.69. The van der Waals surface area contributed by atoms with E-state index in [0.29, 0.717) is 6.61 Å². The summed E-state index contributed by atoms with van der Waals surface area (Å²) in [5.74, 6) is 7.48. The number of rotatable bonds is 7. The van der Waals surface area contributed by atoms with Gasteiger partial charge < -0.3 is 4.74 Å². The molecule has 112 valence electrons. The van der Waals surface area contributed by atoms with E-state index in [1.807, 2.05) is 36.9 Å². The van der Waals surface area contributed by atoms with Crippen molar-refractivity contribution in [2.45, 2.75) is 24.8 Å². The van der Waals surface area contributed by atoms with Gasteiger partial charge in [-0.3, -0.25) is 11.3 Å². The number of nitrogens with two attached hydrogens (primary N) is 1. The molecule has 0 aromatic heterocycles. The molecular weight excluding hydrogens is 280 g/mol. The summed E-state index contributed by atoms with van der Waals surface area (Å²) in [5, 5.41) is 0. The number of benzene rings is 2. The van der Waals surface area contributed by atoms with Crippen molar-refractivity contribution in [1.29, 1.82) is 0 Å². The van der Waals surface area contributed by atoms with Crippen LogP contribution in [0.5, 0.6) is 5.75 Å². The molecule has 0 saturated heterocycles. The highest BCUT2D eigenvalue weighted by Crippen LogP contribution is 2.28. The molecule has 0 saturated carbocycles. The molecule has 0 aliphatic rings. The van der Waals surface area contributed by atoms with Crippen LogP contribution in [0.1, 0.15) is 24.1 Å². The lowest BCUT2D eigenvalue weighted by Crippen LogP contribution is -2.29. The van der Waals surface area contributed by atoms with Gasteiger partial charge in [0.1, 0.15) is 5.75 Å². The summed E-state index contributed by atoms with van der Waals surface area (Å²) in [6, 6.07) is 16.6. The summed E-state index contributed by atoms with van der Waals surface area (Å²) in [6.45, 7) is 4.78. The van der Waals surface area contributed by atoms with Gasteiger partial charge in [0.25, 0.3) is 0 Å². The van der Waals surface area contributed by atoms with Gasteiger partial charge in [0.05, 0.1) is 12.6 Å². The molecule has 0 radical (unpaired) electrons. The van der Waals surface area contributed by atoms with Gasteiger partial charge in [-0.1, -0.05) is 30.3 Å². The van der Waals surface area contributed by atoms with Gasteiger partial charge in [-0.05, 0) is 43.2 Å². The Morgan fingerprint density at radius 3 is 2.71 bits per heavy atom. The van der Waals surface area contributed by atoms with Crippen molar-refractivity contribution in [1.82, 2.24) is 5.43 Å². The maximum atomic E-state index is 5.73. The van der Waals surface area contributed by atoms with Crippen LogP contribution in [-0.2, 0) is 0 Å². The molecule has 0 spiro atoms. The van der Waals surface area contributed by atoms with Gasteiger partial charge in [0, 0.05) is 10.6 Å². The van der Waals surface area contributed by atoms with Crippen LogP contribution in [-0.4, -0.2) is 12.4 Å². The second-order valence-corrected chi connectivity index (χ2v) is 5.86. The molecule has 21 heavy (non-hydrogen) atoms. The highest BCUT2D eigenvalue weighted by Gasteiger charge is 2.11. The maximum Gasteiger partial charge on any atom is 0.119 e. The topological polar surface area (TPSA) is 47.3 Å². The van der Waals surface area contributed by atoms with E-state index in [2.05, 4.69) is 42.7 Å². The average molecular weight is 302 g/mol. The molecule has 0 amide bonds. The van der Waals surface area contributed by atoms with Crippen LogP contribution in [0.4, 0.5) is 0 Å². The normalized spacial score (nSPS) is 12.1. The molecule has 3 nitrogen and oxygen atoms in total. The molecule has 0 aliphatic carbocycles. The van der Waals surface area contributed by atoms with E-state index in [9.17, 15) is 0 Å². The molecule has 1 atom stereocenters. The highest BCUT2D eigenvalue weighted by atomic mass is 32.2. The van der Waals surface area contributed by atoms with Crippen LogP contribution in [0.25, 0.3) is 0 Å². The molecule has 0 heterocycles. The number of aryl methyl sites for hydroxylation is 1. The molecule has 3 N–H and O–H groups in total. The number of thioether (sulfide) groups is 1. The first-order valence-electron chi connectivity index (χ1n) is 7.12. The second-order valence-electron chi connectivity index (χ2n) is 4.80. The van der Waals surface area contributed by atoms with Crippen LogP contribution in [0.3, 0.4) is 0 Å². The van der Waals surface area contributed by atoms with Crippen molar-refractivity contribution in [3.63, 3.8) is 0 Å². The average Bonchev–Trinajstić information content (AvgIpc) is 2.50. The van der Waals surface area contributed by atoms with Crippen LogP contribution in [0.15, 0.2) is 53.4 Å². The van der Waals surface area contributed by atoms with Crippen molar-refractivity contribution < 1.29 is 4.74 Å². The lowest BCUT2D eigenvalue weighted by molar-refractivity contribution is 0.339. The summed E-state index contributed by atoms with van der Waals surface area (Å²) in [6.07, 6.45) is 0. The Labute approximate surface area is 130 Å². The summed E-state index contributed by atoms with van der Waals surface area (Å²) < 4.78 is 5.55. The summed E-state index contributed by atoms with van der Waals surface area (Å²) in [7, 11) is 0. The van der Waals surface area contributed by atoms with E-state index in [1.54, 1.807) is 0 Å². The molecule has 4 heteroatoms. The summed E-state index contributed by atoms with van der Waals surface area (Å²) >= 11 is 1.81. The van der Waals surface area contributed by atoms with E-state index in [4.69, 9.17) is 10.6 Å². The smallest absolute Gasteiger partial charge is 0.119 e. The highest BCUT2D eigenvalue weighted by molar-refractivity contribution is 7.99. The van der Waals surface area contributed by atoms with Gasteiger partial charge in [-0.25, -0.2) is 0 Å². The zero-order chi connectivity index (χ0) is 15.1. The van der Waals surface area contributed by atoms with E-state index in [-0.39, 0.29) is 6.04 Å². The van der Waals surface area contributed by atoms with Crippen LogP contribution < -0.4 is 16.0 Å². The first-order chi connectivity index (χ1) is 10.2. The van der Waals surface area contributed by atoms with Crippen LogP contribution >= 0.6 is 11.8 Å². The zero-order valence-corrected chi connectivity index (χ0v) is 13.3. The molecule has 2 aromatic carbocycles. The van der Waals surface area contributed by atoms with Crippen LogP contribution in [0, 0.1) is 6.92 Å². The lowest BCUT2D eigenvalue weighted by Gasteiger charge is -2.17. The van der Waals surface area contributed by atoms with Crippen molar-refractivity contribution in [2.75, 3.05) is 12.4 Å². The number of hydrazine groups is 1. The molecule has 0 bridgehead atoms. The van der Waals surface area contributed by atoms with E-state index in [0.717, 1.165) is 17.1 Å². The van der Waals surface area contributed by atoms with Gasteiger partial charge in [0.2, 0.25) is 0 Å². The number of nitrogens with one attached hydrogen (secondary N) is 1. The standard InChI is InChI=1S/C17H22N2OS/c1-3-20-15-9-6-8-14(11-15)16(19-18)12-21-17-10-5-4-7-13(17)2/h4-11,16,19H,3,12,18H2,1-2H3. The quantitative estimate of drug-likeness (QED) is 0.465. The molecule has 1 unspecified atom stereocenters. The van der Waals surface area contributed by atoms with E-state index >= 15 is 0 Å². The summed E-state index contributed by atoms with van der Waals surface area (Å²) in [5.41, 5.74) is 5.34. The Kier molecular flexibility index (Phi) is 6.11. The fourth-order valence-corrected chi connectivity index (χ4v) is 3.23. The summed E-state index contributed by atoms with van der Waals surface area (Å²) in [4.78, 5) is 1.29. The lowest BCUT2D eigenvalue weighted by atomic mass is 10.1. The fraction of sp³-hybridized carbons (Fsp3) is 0.294. The van der Waals surface area contributed by atoms with Gasteiger partial charge in [-0.15, -0.1) is 11.8 Å². The second kappa shape index (κ2) is 8.08. The van der Waals surface area contributed by atoms with Crippen molar-refractivity contribution in [3.8, 4) is 5.75 Å². The van der Waals surface area contributed by atoms with Crippen molar-refractivity contribution in [3.05, 3.63) is 59.7 Å². The van der Waals surface area contributed by atoms with Crippen LogP contribution in [0.2, 0.25) is 0 Å². The number of hydrogen-bond donors (Lipinski definition) is 2. The van der Waals surface area contributed by atoms with E-state index in [1.165, 1.54) is 10.5 Å². The molecule has 2 rings (SSSR count). The Morgan fingerprint density at radius 1 is 1.19 bits per heavy atom. The maximum absolute atomic E-state index is 5.73. The third-order valence-electron chi connectivity index (χ3n) is 3.27. The Balaban J connectivity index is 2.06. The van der Waals surface area contributed by atoms with Crippen molar-refractivity contribution in [2.24, 2.45) is 5.84 Å². The van der Waals surface area contributed by atoms with Crippen molar-refractivity contribution >= 4 is 11.8 Å². The molecular formula is C17H22N2OS. The Morgan fingerprint density at radius 2 is 2.00 bits per heavy atom. The predicted molar refractivity (Wildman–Crippen MR) is 89.6 cm³/mol. The third kappa shape index (κ3) is 4.49. The molecule has 0 fully saturated rings. The monoisotopic (exact) mass is 302 g/mol. The fourth-order valence-electron chi connectivity index (χ4n) is 2.12. The van der Waals surface area contributed by atoms with Gasteiger partial charge >= 0.3 is 0 Å². The zero-order valence-electron chi connectivity index (χ0n) is 12.5. The first-order valence-corrected chi connectivity index (χ1v) is 8.10. The number of ether oxygens (including phenoxy) is 1. The van der Waals surface area contributed by atoms with E-state index < -0.39 is 0 Å². The van der Waals surface area contributed by atoms with Gasteiger partial charge in [-0.2, -0.15) is 0 Å². The Bertz CT molecular complexity index is 574. The SMILES string of the molecule is CCOc1cccc(C(CSc2ccccc2C)NN)c1. The minimum Gasteiger partial charge on any atom is -0.494 e. The van der Waals surface area contributed by atoms with Gasteiger partial charge in [0.15, 0.2) is 0 Å². The Hall–Kier alpha value is -1.49. The minimum absolute atomic E-state index is 0.0926. The first kappa shape index (κ1) is 15.9. The third-order valence-corrected chi connectivity index (χ3v) is 4.54. The number of hydrogen-bond acceptors (Lipinski definition) is 4. The largest absolute Gasteiger partial charge is 0.494 e. The molecule has 0 aliphatic heterocycles. The molecule has 2 aromatic rings. The minimum atomic E-state index is 0.0926.